The summed E-state index contributed by atoms with van der Waals surface area (Å²) in [5.74, 6) is 0.651. The van der Waals surface area contributed by atoms with Crippen LogP contribution >= 0.6 is 0 Å². The molecule has 3 rings (SSSR count). The molecule has 0 unspecified atom stereocenters. The Hall–Kier alpha value is -2.76. The molecule has 0 aromatic carbocycles. The van der Waals surface area contributed by atoms with E-state index in [0.29, 0.717) is 22.4 Å². The molecule has 6 heteroatoms. The fourth-order valence-corrected chi connectivity index (χ4v) is 1.97. The second-order valence-corrected chi connectivity index (χ2v) is 4.58. The standard InChI is InChI=1S/C15H13N3O3/c1-9-10(2)21-14(18-9)8-20-15(19)11-3-6-17-13-4-5-16-7-12(11)13/h3-7H,8H2,1-2H3. The summed E-state index contributed by atoms with van der Waals surface area (Å²) in [6.07, 6.45) is 4.79. The number of pyridine rings is 2. The number of carbonyl (C=O) groups excluding carboxylic acids is 1. The van der Waals surface area contributed by atoms with Crippen LogP contribution in [0, 0.1) is 13.8 Å². The first-order valence-electron chi connectivity index (χ1n) is 6.44. The van der Waals surface area contributed by atoms with E-state index in [1.54, 1.807) is 30.7 Å². The van der Waals surface area contributed by atoms with Gasteiger partial charge in [0.1, 0.15) is 5.76 Å². The first-order valence-corrected chi connectivity index (χ1v) is 6.44. The maximum absolute atomic E-state index is 12.2. The Kier molecular flexibility index (Phi) is 3.35. The molecule has 6 nitrogen and oxygen atoms in total. The molecule has 0 aliphatic rings. The van der Waals surface area contributed by atoms with E-state index in [1.165, 1.54) is 0 Å². The minimum absolute atomic E-state index is 0.00239. The van der Waals surface area contributed by atoms with E-state index in [9.17, 15) is 4.79 Å². The number of esters is 1. The van der Waals surface area contributed by atoms with E-state index in [0.717, 1.165) is 11.5 Å². The Morgan fingerprint density at radius 1 is 1.29 bits per heavy atom. The molecule has 0 spiro atoms. The maximum Gasteiger partial charge on any atom is 0.339 e. The van der Waals surface area contributed by atoms with Crippen molar-refractivity contribution < 1.29 is 13.9 Å². The molecular weight excluding hydrogens is 270 g/mol. The Morgan fingerprint density at radius 2 is 2.14 bits per heavy atom. The second-order valence-electron chi connectivity index (χ2n) is 4.58. The minimum Gasteiger partial charge on any atom is -0.452 e. The largest absolute Gasteiger partial charge is 0.452 e. The van der Waals surface area contributed by atoms with Crippen LogP contribution in [-0.2, 0) is 11.3 Å². The molecule has 0 bridgehead atoms. The van der Waals surface area contributed by atoms with Gasteiger partial charge in [-0.25, -0.2) is 9.78 Å². The quantitative estimate of drug-likeness (QED) is 0.687. The molecule has 3 heterocycles. The third-order valence-electron chi connectivity index (χ3n) is 3.16. The summed E-state index contributed by atoms with van der Waals surface area (Å²) in [6, 6.07) is 3.35. The van der Waals surface area contributed by atoms with Crippen LogP contribution in [0.4, 0.5) is 0 Å². The fraction of sp³-hybridized carbons (Fsp3) is 0.200. The zero-order chi connectivity index (χ0) is 14.8. The lowest BCUT2D eigenvalue weighted by Gasteiger charge is -2.05. The van der Waals surface area contributed by atoms with Crippen molar-refractivity contribution >= 4 is 16.9 Å². The highest BCUT2D eigenvalue weighted by Gasteiger charge is 2.14. The lowest BCUT2D eigenvalue weighted by atomic mass is 10.1. The van der Waals surface area contributed by atoms with E-state index in [1.807, 2.05) is 13.8 Å². The van der Waals surface area contributed by atoms with E-state index >= 15 is 0 Å². The van der Waals surface area contributed by atoms with Gasteiger partial charge >= 0.3 is 5.97 Å². The summed E-state index contributed by atoms with van der Waals surface area (Å²) >= 11 is 0. The Bertz CT molecular complexity index is 786. The Morgan fingerprint density at radius 3 is 2.90 bits per heavy atom. The molecule has 0 amide bonds. The number of oxazole rings is 1. The van der Waals surface area contributed by atoms with Gasteiger partial charge in [-0.05, 0) is 26.0 Å². The molecule has 0 saturated carbocycles. The summed E-state index contributed by atoms with van der Waals surface area (Å²) in [5, 5.41) is 0.657. The number of fused-ring (bicyclic) bond motifs is 1. The molecule has 21 heavy (non-hydrogen) atoms. The second kappa shape index (κ2) is 5.32. The van der Waals surface area contributed by atoms with Gasteiger partial charge < -0.3 is 9.15 Å². The molecular formula is C15H13N3O3. The average molecular weight is 283 g/mol. The zero-order valence-electron chi connectivity index (χ0n) is 11.7. The topological polar surface area (TPSA) is 78.1 Å². The van der Waals surface area contributed by atoms with Crippen molar-refractivity contribution in [3.8, 4) is 0 Å². The molecule has 3 aromatic rings. The van der Waals surface area contributed by atoms with Gasteiger partial charge in [-0.15, -0.1) is 0 Å². The van der Waals surface area contributed by atoms with Gasteiger partial charge in [-0.2, -0.15) is 0 Å². The monoisotopic (exact) mass is 283 g/mol. The summed E-state index contributed by atoms with van der Waals surface area (Å²) in [5.41, 5.74) is 1.91. The number of hydrogen-bond donors (Lipinski definition) is 0. The van der Waals surface area contributed by atoms with Gasteiger partial charge in [0.15, 0.2) is 6.61 Å². The predicted molar refractivity (Wildman–Crippen MR) is 74.6 cm³/mol. The number of hydrogen-bond acceptors (Lipinski definition) is 6. The van der Waals surface area contributed by atoms with E-state index in [2.05, 4.69) is 15.0 Å². The van der Waals surface area contributed by atoms with Crippen molar-refractivity contribution in [2.75, 3.05) is 0 Å². The smallest absolute Gasteiger partial charge is 0.339 e. The van der Waals surface area contributed by atoms with Crippen LogP contribution in [0.1, 0.15) is 27.7 Å². The average Bonchev–Trinajstić information content (AvgIpc) is 2.83. The van der Waals surface area contributed by atoms with Crippen molar-refractivity contribution in [2.24, 2.45) is 0 Å². The van der Waals surface area contributed by atoms with Gasteiger partial charge in [0.05, 0.1) is 16.8 Å². The highest BCUT2D eigenvalue weighted by atomic mass is 16.5. The summed E-state index contributed by atoms with van der Waals surface area (Å²) < 4.78 is 10.6. The van der Waals surface area contributed by atoms with Gasteiger partial charge in [-0.3, -0.25) is 9.97 Å². The third kappa shape index (κ3) is 2.60. The molecule has 0 N–H and O–H groups in total. The van der Waals surface area contributed by atoms with Crippen LogP contribution in [0.25, 0.3) is 10.9 Å². The SMILES string of the molecule is Cc1nc(COC(=O)c2ccnc3ccncc23)oc1C. The number of nitrogens with zero attached hydrogens (tertiary/aromatic N) is 3. The van der Waals surface area contributed by atoms with Gasteiger partial charge in [-0.1, -0.05) is 0 Å². The van der Waals surface area contributed by atoms with Gasteiger partial charge in [0.25, 0.3) is 0 Å². The highest BCUT2D eigenvalue weighted by molar-refractivity contribution is 6.02. The van der Waals surface area contributed by atoms with Gasteiger partial charge in [0, 0.05) is 24.0 Å². The normalized spacial score (nSPS) is 10.8. The number of carbonyl (C=O) groups is 1. The molecule has 0 fully saturated rings. The number of aryl methyl sites for hydroxylation is 2. The number of rotatable bonds is 3. The molecule has 0 aliphatic heterocycles. The van der Waals surface area contributed by atoms with E-state index in [-0.39, 0.29) is 6.61 Å². The van der Waals surface area contributed by atoms with Crippen LogP contribution in [0.15, 0.2) is 35.1 Å². The third-order valence-corrected chi connectivity index (χ3v) is 3.16. The van der Waals surface area contributed by atoms with Crippen LogP contribution in [0.3, 0.4) is 0 Å². The lowest BCUT2D eigenvalue weighted by Crippen LogP contribution is -2.06. The minimum atomic E-state index is -0.455. The van der Waals surface area contributed by atoms with Crippen LogP contribution < -0.4 is 0 Å². The van der Waals surface area contributed by atoms with Crippen LogP contribution in [-0.4, -0.2) is 20.9 Å². The molecule has 0 atom stereocenters. The fourth-order valence-electron chi connectivity index (χ4n) is 1.97. The van der Waals surface area contributed by atoms with E-state index in [4.69, 9.17) is 9.15 Å². The van der Waals surface area contributed by atoms with Crippen molar-refractivity contribution in [1.82, 2.24) is 15.0 Å². The first-order chi connectivity index (χ1) is 10.1. The highest BCUT2D eigenvalue weighted by Crippen LogP contribution is 2.17. The van der Waals surface area contributed by atoms with Crippen molar-refractivity contribution in [1.29, 1.82) is 0 Å². The first kappa shape index (κ1) is 13.2. The van der Waals surface area contributed by atoms with Crippen LogP contribution in [0.5, 0.6) is 0 Å². The number of aromatic nitrogens is 3. The molecule has 0 aliphatic carbocycles. The van der Waals surface area contributed by atoms with Gasteiger partial charge in [0.2, 0.25) is 5.89 Å². The molecule has 3 aromatic heterocycles. The molecule has 0 radical (unpaired) electrons. The molecule has 106 valence electrons. The number of ether oxygens (including phenoxy) is 1. The Balaban J connectivity index is 1.81. The maximum atomic E-state index is 12.2. The summed E-state index contributed by atoms with van der Waals surface area (Å²) in [4.78, 5) is 24.5. The lowest BCUT2D eigenvalue weighted by molar-refractivity contribution is 0.0439. The van der Waals surface area contributed by atoms with Crippen LogP contribution in [0.2, 0.25) is 0 Å². The summed E-state index contributed by atoms with van der Waals surface area (Å²) in [7, 11) is 0. The van der Waals surface area contributed by atoms with Crippen molar-refractivity contribution in [3.63, 3.8) is 0 Å². The zero-order valence-corrected chi connectivity index (χ0v) is 11.7. The Labute approximate surface area is 120 Å². The van der Waals surface area contributed by atoms with E-state index < -0.39 is 5.97 Å². The summed E-state index contributed by atoms with van der Waals surface area (Å²) in [6.45, 7) is 3.65. The predicted octanol–water partition coefficient (Wildman–Crippen LogP) is 2.59. The molecule has 0 saturated heterocycles. The van der Waals surface area contributed by atoms with Crippen molar-refractivity contribution in [3.05, 3.63) is 53.6 Å². The van der Waals surface area contributed by atoms with Crippen molar-refractivity contribution in [2.45, 2.75) is 20.5 Å².